The zero-order chi connectivity index (χ0) is 17.6. The molecule has 0 bridgehead atoms. The molecule has 2 aromatic heterocycles. The van der Waals surface area contributed by atoms with Gasteiger partial charge in [-0.05, 0) is 36.8 Å². The van der Waals surface area contributed by atoms with Crippen LogP contribution in [0.2, 0.25) is 5.02 Å². The van der Waals surface area contributed by atoms with Crippen molar-refractivity contribution in [1.82, 2.24) is 9.97 Å². The second-order valence-corrected chi connectivity index (χ2v) is 6.76. The summed E-state index contributed by atoms with van der Waals surface area (Å²) in [5.74, 6) is -0.735. The zero-order valence-corrected chi connectivity index (χ0v) is 14.8. The molecule has 7 heteroatoms. The maximum atomic E-state index is 13.1. The van der Waals surface area contributed by atoms with Gasteiger partial charge >= 0.3 is 0 Å². The topological polar surface area (TPSA) is 54.9 Å². The summed E-state index contributed by atoms with van der Waals surface area (Å²) < 4.78 is 13.1. The molecule has 3 aromatic rings. The first-order valence-corrected chi connectivity index (χ1v) is 8.94. The lowest BCUT2D eigenvalue weighted by Crippen LogP contribution is -2.14. The number of rotatable bonds is 6. The van der Waals surface area contributed by atoms with Crippen molar-refractivity contribution in [3.8, 4) is 0 Å². The minimum absolute atomic E-state index is 0.0248. The molecule has 0 unspecified atom stereocenters. The lowest BCUT2D eigenvalue weighted by atomic mass is 10.2. The Morgan fingerprint density at radius 1 is 1.20 bits per heavy atom. The number of pyridine rings is 1. The highest BCUT2D eigenvalue weighted by atomic mass is 35.5. The van der Waals surface area contributed by atoms with Gasteiger partial charge in [0.25, 0.3) is 0 Å². The standard InChI is InChI=1S/C18H15ClFN3OS/c19-15-9-13(4-6-16(15)20)22-17(24)10-14-11-25-18(23-14)7-5-12-3-1-2-8-21-12/h1-4,6,8-9,11H,5,7,10H2,(H,22,24). The van der Waals surface area contributed by atoms with Gasteiger partial charge in [0.05, 0.1) is 22.1 Å². The Balaban J connectivity index is 1.53. The number of amides is 1. The van der Waals surface area contributed by atoms with Crippen molar-refractivity contribution in [1.29, 1.82) is 0 Å². The molecule has 0 aliphatic carbocycles. The third kappa shape index (κ3) is 5.08. The first-order valence-electron chi connectivity index (χ1n) is 7.68. The Morgan fingerprint density at radius 2 is 2.08 bits per heavy atom. The van der Waals surface area contributed by atoms with E-state index in [9.17, 15) is 9.18 Å². The van der Waals surface area contributed by atoms with Crippen molar-refractivity contribution in [2.45, 2.75) is 19.3 Å². The second kappa shape index (κ2) is 8.18. The summed E-state index contributed by atoms with van der Waals surface area (Å²) in [7, 11) is 0. The van der Waals surface area contributed by atoms with Crippen molar-refractivity contribution in [3.05, 3.63) is 75.2 Å². The fourth-order valence-corrected chi connectivity index (χ4v) is 3.25. The SMILES string of the molecule is O=C(Cc1csc(CCc2ccccn2)n1)Nc1ccc(F)c(Cl)c1. The summed E-state index contributed by atoms with van der Waals surface area (Å²) in [5.41, 5.74) is 2.19. The largest absolute Gasteiger partial charge is 0.326 e. The van der Waals surface area contributed by atoms with Gasteiger partial charge in [0.15, 0.2) is 0 Å². The van der Waals surface area contributed by atoms with Crippen molar-refractivity contribution >= 4 is 34.5 Å². The van der Waals surface area contributed by atoms with Crippen molar-refractivity contribution in [2.24, 2.45) is 0 Å². The Kier molecular flexibility index (Phi) is 5.73. The highest BCUT2D eigenvalue weighted by Crippen LogP contribution is 2.20. The monoisotopic (exact) mass is 375 g/mol. The molecule has 0 radical (unpaired) electrons. The molecule has 1 amide bonds. The van der Waals surface area contributed by atoms with Gasteiger partial charge in [-0.3, -0.25) is 9.78 Å². The van der Waals surface area contributed by atoms with E-state index in [0.717, 1.165) is 23.5 Å². The number of carbonyl (C=O) groups excluding carboxylic acids is 1. The van der Waals surface area contributed by atoms with Gasteiger partial charge in [-0.15, -0.1) is 11.3 Å². The molecule has 3 rings (SSSR count). The molecule has 4 nitrogen and oxygen atoms in total. The van der Waals surface area contributed by atoms with Crippen LogP contribution in [0.3, 0.4) is 0 Å². The summed E-state index contributed by atoms with van der Waals surface area (Å²) in [6.45, 7) is 0. The number of aryl methyl sites for hydroxylation is 2. The van der Waals surface area contributed by atoms with Gasteiger partial charge in [0, 0.05) is 29.4 Å². The van der Waals surface area contributed by atoms with Crippen LogP contribution in [-0.2, 0) is 24.1 Å². The molecule has 0 spiro atoms. The molecule has 0 aliphatic heterocycles. The molecule has 128 valence electrons. The van der Waals surface area contributed by atoms with E-state index in [1.54, 1.807) is 6.20 Å². The molecule has 2 heterocycles. The molecule has 0 saturated heterocycles. The van der Waals surface area contributed by atoms with E-state index in [-0.39, 0.29) is 17.4 Å². The van der Waals surface area contributed by atoms with Gasteiger partial charge in [-0.2, -0.15) is 0 Å². The van der Waals surface area contributed by atoms with Gasteiger partial charge < -0.3 is 5.32 Å². The van der Waals surface area contributed by atoms with E-state index in [4.69, 9.17) is 11.6 Å². The number of thiazole rings is 1. The van der Waals surface area contributed by atoms with Crippen molar-refractivity contribution in [3.63, 3.8) is 0 Å². The van der Waals surface area contributed by atoms with E-state index in [0.29, 0.717) is 11.4 Å². The maximum Gasteiger partial charge on any atom is 0.230 e. The lowest BCUT2D eigenvalue weighted by Gasteiger charge is -2.04. The highest BCUT2D eigenvalue weighted by Gasteiger charge is 2.10. The second-order valence-electron chi connectivity index (χ2n) is 5.41. The summed E-state index contributed by atoms with van der Waals surface area (Å²) in [4.78, 5) is 20.8. The van der Waals surface area contributed by atoms with E-state index in [1.807, 2.05) is 23.6 Å². The fourth-order valence-electron chi connectivity index (χ4n) is 2.27. The first-order chi connectivity index (χ1) is 12.1. The number of aromatic nitrogens is 2. The average molecular weight is 376 g/mol. The molecular formula is C18H15ClFN3OS. The molecular weight excluding hydrogens is 361 g/mol. The van der Waals surface area contributed by atoms with Gasteiger partial charge in [-0.1, -0.05) is 17.7 Å². The van der Waals surface area contributed by atoms with Crippen LogP contribution in [-0.4, -0.2) is 15.9 Å². The molecule has 0 atom stereocenters. The maximum absolute atomic E-state index is 13.1. The fraction of sp³-hybridized carbons (Fsp3) is 0.167. The normalized spacial score (nSPS) is 10.6. The Morgan fingerprint density at radius 3 is 2.84 bits per heavy atom. The van der Waals surface area contributed by atoms with E-state index in [2.05, 4.69) is 15.3 Å². The van der Waals surface area contributed by atoms with Crippen molar-refractivity contribution < 1.29 is 9.18 Å². The van der Waals surface area contributed by atoms with Crippen molar-refractivity contribution in [2.75, 3.05) is 5.32 Å². The van der Waals surface area contributed by atoms with E-state index < -0.39 is 5.82 Å². The molecule has 0 fully saturated rings. The molecule has 0 aliphatic rings. The summed E-state index contributed by atoms with van der Waals surface area (Å²) >= 11 is 7.24. The Hall–Kier alpha value is -2.31. The number of hydrogen-bond acceptors (Lipinski definition) is 4. The number of hydrogen-bond donors (Lipinski definition) is 1. The summed E-state index contributed by atoms with van der Waals surface area (Å²) in [6, 6.07) is 9.90. The summed E-state index contributed by atoms with van der Waals surface area (Å²) in [6.07, 6.45) is 3.54. The quantitative estimate of drug-likeness (QED) is 0.699. The minimum Gasteiger partial charge on any atom is -0.326 e. The van der Waals surface area contributed by atoms with E-state index >= 15 is 0 Å². The van der Waals surface area contributed by atoms with Gasteiger partial charge in [0.2, 0.25) is 5.91 Å². The molecule has 0 saturated carbocycles. The van der Waals surface area contributed by atoms with Crippen LogP contribution < -0.4 is 5.32 Å². The number of anilines is 1. The van der Waals surface area contributed by atoms with Crippen LogP contribution in [0.25, 0.3) is 0 Å². The van der Waals surface area contributed by atoms with Crippen LogP contribution in [0.4, 0.5) is 10.1 Å². The zero-order valence-electron chi connectivity index (χ0n) is 13.2. The molecule has 1 aromatic carbocycles. The predicted molar refractivity (Wildman–Crippen MR) is 97.5 cm³/mol. The van der Waals surface area contributed by atoms with Crippen LogP contribution in [0, 0.1) is 5.82 Å². The first kappa shape index (κ1) is 17.5. The third-order valence-corrected chi connectivity index (χ3v) is 4.71. The smallest absolute Gasteiger partial charge is 0.230 e. The summed E-state index contributed by atoms with van der Waals surface area (Å²) in [5, 5.41) is 5.52. The van der Waals surface area contributed by atoms with Crippen LogP contribution >= 0.6 is 22.9 Å². The number of carbonyl (C=O) groups is 1. The minimum atomic E-state index is -0.517. The molecule has 1 N–H and O–H groups in total. The predicted octanol–water partition coefficient (Wildman–Crippen LogP) is 4.30. The number of nitrogens with zero attached hydrogens (tertiary/aromatic N) is 2. The Bertz CT molecular complexity index is 870. The average Bonchev–Trinajstić information content (AvgIpc) is 3.04. The number of halogens is 2. The lowest BCUT2D eigenvalue weighted by molar-refractivity contribution is -0.115. The van der Waals surface area contributed by atoms with Crippen LogP contribution in [0.15, 0.2) is 48.0 Å². The van der Waals surface area contributed by atoms with E-state index in [1.165, 1.54) is 29.5 Å². The van der Waals surface area contributed by atoms with Crippen LogP contribution in [0.1, 0.15) is 16.4 Å². The number of nitrogens with one attached hydrogen (secondary N) is 1. The molecule has 25 heavy (non-hydrogen) atoms. The Labute approximate surface area is 153 Å². The van der Waals surface area contributed by atoms with Crippen LogP contribution in [0.5, 0.6) is 0 Å². The third-order valence-electron chi connectivity index (χ3n) is 3.47. The van der Waals surface area contributed by atoms with Gasteiger partial charge in [0.1, 0.15) is 5.82 Å². The number of benzene rings is 1. The highest BCUT2D eigenvalue weighted by molar-refractivity contribution is 7.09. The van der Waals surface area contributed by atoms with Gasteiger partial charge in [-0.25, -0.2) is 9.37 Å².